The molecule has 3 rings (SSSR count). The van der Waals surface area contributed by atoms with Crippen LogP contribution in [0.1, 0.15) is 11.1 Å². The highest BCUT2D eigenvalue weighted by molar-refractivity contribution is 6.32. The minimum Gasteiger partial charge on any atom is -0.495 e. The second kappa shape index (κ2) is 11.5. The second-order valence-electron chi connectivity index (χ2n) is 7.22. The molecule has 0 saturated heterocycles. The number of para-hydroxylation sites is 2. The number of hydrogen-bond acceptors (Lipinski definition) is 5. The van der Waals surface area contributed by atoms with Crippen LogP contribution in [0, 0.1) is 18.3 Å². The molecule has 7 nitrogen and oxygen atoms in total. The SMILES string of the molecule is COc1ccccc1NC(=O)COc1ccc(C=C(C#N)C(=O)Nc2cccc(C)c2)cc1Cl. The van der Waals surface area contributed by atoms with Crippen LogP contribution in [0.5, 0.6) is 11.5 Å². The molecule has 0 atom stereocenters. The van der Waals surface area contributed by atoms with Crippen LogP contribution in [0.3, 0.4) is 0 Å². The zero-order valence-corrected chi connectivity index (χ0v) is 19.3. The first kappa shape index (κ1) is 24.4. The molecule has 0 unspecified atom stereocenters. The maximum atomic E-state index is 12.5. The molecule has 3 aromatic carbocycles. The van der Waals surface area contributed by atoms with Crippen molar-refractivity contribution in [2.24, 2.45) is 0 Å². The third-order valence-corrected chi connectivity index (χ3v) is 4.94. The van der Waals surface area contributed by atoms with Gasteiger partial charge in [0.15, 0.2) is 6.61 Å². The topological polar surface area (TPSA) is 100 Å². The van der Waals surface area contributed by atoms with E-state index in [-0.39, 0.29) is 28.9 Å². The highest BCUT2D eigenvalue weighted by Crippen LogP contribution is 2.27. The lowest BCUT2D eigenvalue weighted by atomic mass is 10.1. The molecule has 34 heavy (non-hydrogen) atoms. The Morgan fingerprint density at radius 1 is 1.03 bits per heavy atom. The summed E-state index contributed by atoms with van der Waals surface area (Å²) in [5.41, 5.74) is 2.56. The van der Waals surface area contributed by atoms with Crippen molar-refractivity contribution in [3.63, 3.8) is 0 Å². The summed E-state index contributed by atoms with van der Waals surface area (Å²) in [4.78, 5) is 24.7. The zero-order valence-electron chi connectivity index (χ0n) is 18.6. The van der Waals surface area contributed by atoms with Gasteiger partial charge in [0.2, 0.25) is 0 Å². The fourth-order valence-corrected chi connectivity index (χ4v) is 3.28. The van der Waals surface area contributed by atoms with Crippen LogP contribution in [-0.4, -0.2) is 25.5 Å². The molecular weight excluding hydrogens is 454 g/mol. The van der Waals surface area contributed by atoms with Gasteiger partial charge in [0.25, 0.3) is 11.8 Å². The Morgan fingerprint density at radius 2 is 1.82 bits per heavy atom. The predicted molar refractivity (Wildman–Crippen MR) is 132 cm³/mol. The number of nitrogens with zero attached hydrogens (tertiary/aromatic N) is 1. The third kappa shape index (κ3) is 6.61. The third-order valence-electron chi connectivity index (χ3n) is 4.65. The van der Waals surface area contributed by atoms with E-state index in [0.29, 0.717) is 22.7 Å². The Hall–Kier alpha value is -4.28. The number of anilines is 2. The molecule has 0 spiro atoms. The number of nitriles is 1. The summed E-state index contributed by atoms with van der Waals surface area (Å²) >= 11 is 6.28. The van der Waals surface area contributed by atoms with E-state index in [4.69, 9.17) is 21.1 Å². The number of carbonyl (C=O) groups is 2. The lowest BCUT2D eigenvalue weighted by Crippen LogP contribution is -2.20. The minimum atomic E-state index is -0.530. The molecule has 0 aliphatic rings. The molecule has 3 aromatic rings. The molecule has 0 fully saturated rings. The zero-order chi connectivity index (χ0) is 24.5. The van der Waals surface area contributed by atoms with Gasteiger partial charge in [0.05, 0.1) is 17.8 Å². The van der Waals surface area contributed by atoms with Gasteiger partial charge in [-0.2, -0.15) is 5.26 Å². The van der Waals surface area contributed by atoms with Crippen LogP contribution in [0.15, 0.2) is 72.3 Å². The summed E-state index contributed by atoms with van der Waals surface area (Å²) in [5.74, 6) is -0.0943. The van der Waals surface area contributed by atoms with Crippen molar-refractivity contribution in [3.8, 4) is 17.6 Å². The number of amides is 2. The standard InChI is InChI=1S/C26H22ClN3O4/c1-17-6-5-7-20(12-17)29-26(32)19(15-28)13-18-10-11-23(21(27)14-18)34-16-25(31)30-22-8-3-4-9-24(22)33-2/h3-14H,16H2,1-2H3,(H,29,32)(H,30,31). The van der Waals surface area contributed by atoms with Crippen LogP contribution >= 0.6 is 11.6 Å². The first-order valence-corrected chi connectivity index (χ1v) is 10.6. The molecule has 0 heterocycles. The molecular formula is C26H22ClN3O4. The minimum absolute atomic E-state index is 0.0811. The lowest BCUT2D eigenvalue weighted by Gasteiger charge is -2.11. The lowest BCUT2D eigenvalue weighted by molar-refractivity contribution is -0.118. The van der Waals surface area contributed by atoms with Gasteiger partial charge < -0.3 is 20.1 Å². The van der Waals surface area contributed by atoms with Crippen LogP contribution in [0.25, 0.3) is 6.08 Å². The number of halogens is 1. The van der Waals surface area contributed by atoms with E-state index in [1.54, 1.807) is 54.6 Å². The van der Waals surface area contributed by atoms with Crippen molar-refractivity contribution in [1.82, 2.24) is 0 Å². The maximum absolute atomic E-state index is 12.5. The van der Waals surface area contributed by atoms with Gasteiger partial charge in [-0.25, -0.2) is 0 Å². The smallest absolute Gasteiger partial charge is 0.266 e. The highest BCUT2D eigenvalue weighted by Gasteiger charge is 2.12. The fourth-order valence-electron chi connectivity index (χ4n) is 3.04. The Bertz CT molecular complexity index is 1280. The van der Waals surface area contributed by atoms with Crippen LogP contribution in [0.4, 0.5) is 11.4 Å². The van der Waals surface area contributed by atoms with Gasteiger partial charge >= 0.3 is 0 Å². The molecule has 0 aliphatic carbocycles. The number of hydrogen-bond donors (Lipinski definition) is 2. The van der Waals surface area contributed by atoms with Gasteiger partial charge in [0.1, 0.15) is 23.1 Å². The van der Waals surface area contributed by atoms with E-state index < -0.39 is 5.91 Å². The molecule has 2 amide bonds. The average Bonchev–Trinajstić information content (AvgIpc) is 2.82. The van der Waals surface area contributed by atoms with E-state index in [1.807, 2.05) is 25.1 Å². The second-order valence-corrected chi connectivity index (χ2v) is 7.63. The number of benzene rings is 3. The first-order chi connectivity index (χ1) is 16.4. The largest absolute Gasteiger partial charge is 0.495 e. The summed E-state index contributed by atoms with van der Waals surface area (Å²) in [7, 11) is 1.52. The van der Waals surface area contributed by atoms with Crippen molar-refractivity contribution in [3.05, 3.63) is 88.5 Å². The van der Waals surface area contributed by atoms with Crippen molar-refractivity contribution in [2.45, 2.75) is 6.92 Å². The molecule has 0 bridgehead atoms. The van der Waals surface area contributed by atoms with Gasteiger partial charge in [0, 0.05) is 5.69 Å². The molecule has 8 heteroatoms. The van der Waals surface area contributed by atoms with E-state index in [9.17, 15) is 14.9 Å². The molecule has 172 valence electrons. The molecule has 2 N–H and O–H groups in total. The van der Waals surface area contributed by atoms with E-state index in [0.717, 1.165) is 5.56 Å². The Labute approximate surface area is 202 Å². The van der Waals surface area contributed by atoms with Crippen LogP contribution in [0.2, 0.25) is 5.02 Å². The van der Waals surface area contributed by atoms with Crippen molar-refractivity contribution >= 4 is 40.9 Å². The monoisotopic (exact) mass is 475 g/mol. The van der Waals surface area contributed by atoms with E-state index in [2.05, 4.69) is 10.6 Å². The number of methoxy groups -OCH3 is 1. The Morgan fingerprint density at radius 3 is 2.53 bits per heavy atom. The van der Waals surface area contributed by atoms with Crippen LogP contribution in [-0.2, 0) is 9.59 Å². The number of carbonyl (C=O) groups excluding carboxylic acids is 2. The molecule has 0 aliphatic heterocycles. The van der Waals surface area contributed by atoms with Crippen molar-refractivity contribution < 1.29 is 19.1 Å². The predicted octanol–water partition coefficient (Wildman–Crippen LogP) is 5.22. The molecule has 0 saturated carbocycles. The van der Waals surface area contributed by atoms with E-state index in [1.165, 1.54) is 13.2 Å². The number of nitrogens with one attached hydrogen (secondary N) is 2. The number of rotatable bonds is 8. The van der Waals surface area contributed by atoms with E-state index >= 15 is 0 Å². The van der Waals surface area contributed by atoms with Gasteiger partial charge in [-0.15, -0.1) is 0 Å². The fraction of sp³-hybridized carbons (Fsp3) is 0.115. The average molecular weight is 476 g/mol. The Balaban J connectivity index is 1.64. The summed E-state index contributed by atoms with van der Waals surface area (Å²) < 4.78 is 10.7. The summed E-state index contributed by atoms with van der Waals surface area (Å²) in [5, 5.41) is 15.1. The molecule has 0 radical (unpaired) electrons. The molecule has 0 aromatic heterocycles. The highest BCUT2D eigenvalue weighted by atomic mass is 35.5. The first-order valence-electron chi connectivity index (χ1n) is 10.2. The normalized spacial score (nSPS) is 10.7. The van der Waals surface area contributed by atoms with Gasteiger partial charge in [-0.05, 0) is 60.5 Å². The summed E-state index contributed by atoms with van der Waals surface area (Å²) in [6.45, 7) is 1.64. The van der Waals surface area contributed by atoms with Crippen molar-refractivity contribution in [1.29, 1.82) is 5.26 Å². The quantitative estimate of drug-likeness (QED) is 0.343. The Kier molecular flexibility index (Phi) is 8.27. The maximum Gasteiger partial charge on any atom is 0.266 e. The number of ether oxygens (including phenoxy) is 2. The van der Waals surface area contributed by atoms with Gasteiger partial charge in [-0.1, -0.05) is 41.9 Å². The summed E-state index contributed by atoms with van der Waals surface area (Å²) in [6.07, 6.45) is 1.43. The van der Waals surface area contributed by atoms with Crippen LogP contribution < -0.4 is 20.1 Å². The van der Waals surface area contributed by atoms with Crippen molar-refractivity contribution in [2.75, 3.05) is 24.4 Å². The number of aryl methyl sites for hydroxylation is 1. The van der Waals surface area contributed by atoms with Gasteiger partial charge in [-0.3, -0.25) is 9.59 Å². The summed E-state index contributed by atoms with van der Waals surface area (Å²) in [6, 6.07) is 20.9.